The fraction of sp³-hybridized carbons (Fsp3) is 0.0667. The van der Waals surface area contributed by atoms with Crippen LogP contribution in [-0.4, -0.2) is 27.1 Å². The third-order valence-corrected chi connectivity index (χ3v) is 4.08. The van der Waals surface area contributed by atoms with Crippen molar-refractivity contribution in [3.8, 4) is 11.3 Å². The van der Waals surface area contributed by atoms with Crippen LogP contribution in [0.1, 0.15) is 15.2 Å². The van der Waals surface area contributed by atoms with Gasteiger partial charge in [0, 0.05) is 6.07 Å². The molecule has 9 heteroatoms. The summed E-state index contributed by atoms with van der Waals surface area (Å²) in [6.45, 7) is 2.01. The van der Waals surface area contributed by atoms with E-state index < -0.39 is 11.9 Å². The number of urea groups is 1. The summed E-state index contributed by atoms with van der Waals surface area (Å²) >= 11 is 0.997. The van der Waals surface area contributed by atoms with E-state index in [0.29, 0.717) is 5.82 Å². The minimum absolute atomic E-state index is 0.270. The Morgan fingerprint density at radius 3 is 2.62 bits per heavy atom. The highest BCUT2D eigenvalue weighted by Gasteiger charge is 2.11. The second-order valence-electron chi connectivity index (χ2n) is 5.01. The highest BCUT2D eigenvalue weighted by atomic mass is 32.1. The number of aromatic amines is 1. The van der Waals surface area contributed by atoms with Crippen LogP contribution in [0.3, 0.4) is 0 Å². The van der Waals surface area contributed by atoms with Crippen LogP contribution in [0.15, 0.2) is 36.5 Å². The number of anilines is 2. The smallest absolute Gasteiger partial charge is 0.326 e. The quantitative estimate of drug-likeness (QED) is 0.581. The first kappa shape index (κ1) is 15.7. The zero-order valence-electron chi connectivity index (χ0n) is 12.7. The van der Waals surface area contributed by atoms with Gasteiger partial charge in [0.25, 0.3) is 5.91 Å². The van der Waals surface area contributed by atoms with Gasteiger partial charge in [-0.1, -0.05) is 41.2 Å². The summed E-state index contributed by atoms with van der Waals surface area (Å²) in [6, 6.07) is 9.13. The zero-order chi connectivity index (χ0) is 17.1. The third-order valence-electron chi connectivity index (χ3n) is 3.15. The van der Waals surface area contributed by atoms with Crippen LogP contribution in [0.2, 0.25) is 0 Å². The highest BCUT2D eigenvalue weighted by molar-refractivity contribution is 7.17. The van der Waals surface area contributed by atoms with Crippen LogP contribution in [-0.2, 0) is 0 Å². The van der Waals surface area contributed by atoms with Gasteiger partial charge < -0.3 is 5.73 Å². The lowest BCUT2D eigenvalue weighted by atomic mass is 10.1. The number of thiazole rings is 1. The Morgan fingerprint density at radius 2 is 1.96 bits per heavy atom. The Balaban J connectivity index is 1.64. The predicted molar refractivity (Wildman–Crippen MR) is 92.0 cm³/mol. The molecule has 0 bridgehead atoms. The van der Waals surface area contributed by atoms with E-state index in [1.54, 1.807) is 6.07 Å². The van der Waals surface area contributed by atoms with Crippen molar-refractivity contribution in [2.75, 3.05) is 10.6 Å². The molecule has 0 spiro atoms. The zero-order valence-corrected chi connectivity index (χ0v) is 13.5. The molecule has 0 aliphatic heterocycles. The van der Waals surface area contributed by atoms with E-state index in [9.17, 15) is 9.59 Å². The summed E-state index contributed by atoms with van der Waals surface area (Å²) in [5, 5.41) is 12.3. The van der Waals surface area contributed by atoms with Crippen LogP contribution < -0.4 is 16.4 Å². The molecule has 3 rings (SSSR count). The van der Waals surface area contributed by atoms with Crippen molar-refractivity contribution in [1.82, 2.24) is 15.2 Å². The van der Waals surface area contributed by atoms with Crippen LogP contribution in [0.4, 0.5) is 15.7 Å². The Bertz CT molecular complexity index is 884. The number of aryl methyl sites for hydroxylation is 1. The van der Waals surface area contributed by atoms with Gasteiger partial charge in [-0.2, -0.15) is 5.10 Å². The second-order valence-corrected chi connectivity index (χ2v) is 6.04. The van der Waals surface area contributed by atoms with Crippen molar-refractivity contribution in [3.63, 3.8) is 0 Å². The summed E-state index contributed by atoms with van der Waals surface area (Å²) in [5.74, 6) is -0.217. The monoisotopic (exact) mass is 342 g/mol. The van der Waals surface area contributed by atoms with E-state index in [1.807, 2.05) is 31.2 Å². The van der Waals surface area contributed by atoms with Crippen LogP contribution >= 0.6 is 11.3 Å². The second kappa shape index (κ2) is 6.50. The van der Waals surface area contributed by atoms with Crippen LogP contribution in [0, 0.1) is 6.92 Å². The SMILES string of the molecule is Cc1ccc(-c2cc(NC(=O)Nc3ncc(C(N)=O)s3)n[nH]2)cc1. The van der Waals surface area contributed by atoms with Gasteiger partial charge in [-0.05, 0) is 12.5 Å². The largest absolute Gasteiger partial charge is 0.365 e. The molecule has 0 radical (unpaired) electrons. The maximum Gasteiger partial charge on any atom is 0.326 e. The molecule has 0 fully saturated rings. The molecule has 0 atom stereocenters. The number of rotatable bonds is 4. The first-order valence-electron chi connectivity index (χ1n) is 6.97. The molecule has 0 unspecified atom stereocenters. The molecule has 0 saturated carbocycles. The molecule has 2 heterocycles. The van der Waals surface area contributed by atoms with Crippen LogP contribution in [0.5, 0.6) is 0 Å². The minimum atomic E-state index is -0.587. The Morgan fingerprint density at radius 1 is 1.21 bits per heavy atom. The first-order chi connectivity index (χ1) is 11.5. The first-order valence-corrected chi connectivity index (χ1v) is 7.79. The highest BCUT2D eigenvalue weighted by Crippen LogP contribution is 2.21. The fourth-order valence-corrected chi connectivity index (χ4v) is 2.62. The molecule has 24 heavy (non-hydrogen) atoms. The summed E-state index contributed by atoms with van der Waals surface area (Å²) in [6.07, 6.45) is 1.31. The van der Waals surface area contributed by atoms with Gasteiger partial charge in [0.05, 0.1) is 11.9 Å². The topological polar surface area (TPSA) is 126 Å². The summed E-state index contributed by atoms with van der Waals surface area (Å²) < 4.78 is 0. The number of amides is 3. The molecule has 0 aliphatic carbocycles. The molecule has 0 aliphatic rings. The molecule has 3 aromatic rings. The average molecular weight is 342 g/mol. The Kier molecular flexibility index (Phi) is 4.25. The normalized spacial score (nSPS) is 10.4. The van der Waals surface area contributed by atoms with E-state index in [2.05, 4.69) is 25.8 Å². The van der Waals surface area contributed by atoms with Crippen LogP contribution in [0.25, 0.3) is 11.3 Å². The van der Waals surface area contributed by atoms with Gasteiger partial charge in [-0.15, -0.1) is 0 Å². The van der Waals surface area contributed by atoms with E-state index in [0.717, 1.165) is 28.2 Å². The van der Waals surface area contributed by atoms with Crippen molar-refractivity contribution >= 4 is 34.2 Å². The average Bonchev–Trinajstić information content (AvgIpc) is 3.17. The van der Waals surface area contributed by atoms with Gasteiger partial charge in [-0.3, -0.25) is 20.5 Å². The van der Waals surface area contributed by atoms with Gasteiger partial charge in [0.15, 0.2) is 10.9 Å². The van der Waals surface area contributed by atoms with Gasteiger partial charge in [0.2, 0.25) is 0 Å². The predicted octanol–water partition coefficient (Wildman–Crippen LogP) is 2.58. The minimum Gasteiger partial charge on any atom is -0.365 e. The standard InChI is InChI=1S/C15H14N6O2S/c1-8-2-4-9(5-3-8)10-6-12(21-20-10)18-14(23)19-15-17-7-11(24-15)13(16)22/h2-7H,1H3,(H2,16,22)(H3,17,18,19,20,21,23). The molecular formula is C15H14N6O2S. The van der Waals surface area contributed by atoms with Crippen molar-refractivity contribution in [2.24, 2.45) is 5.73 Å². The van der Waals surface area contributed by atoms with Crippen molar-refractivity contribution < 1.29 is 9.59 Å². The number of carbonyl (C=O) groups excluding carboxylic acids is 2. The van der Waals surface area contributed by atoms with Crippen molar-refractivity contribution in [1.29, 1.82) is 0 Å². The number of nitrogens with zero attached hydrogens (tertiary/aromatic N) is 2. The molecule has 1 aromatic carbocycles. The Labute approximate surface area is 141 Å². The summed E-state index contributed by atoms with van der Waals surface area (Å²) in [5.41, 5.74) is 8.05. The van der Waals surface area contributed by atoms with E-state index in [4.69, 9.17) is 5.73 Å². The number of nitrogens with one attached hydrogen (secondary N) is 3. The Hall–Kier alpha value is -3.20. The number of carbonyl (C=O) groups is 2. The number of H-pyrrole nitrogens is 1. The molecule has 8 nitrogen and oxygen atoms in total. The van der Waals surface area contributed by atoms with E-state index >= 15 is 0 Å². The number of benzene rings is 1. The summed E-state index contributed by atoms with van der Waals surface area (Å²) in [7, 11) is 0. The maximum absolute atomic E-state index is 11.9. The summed E-state index contributed by atoms with van der Waals surface area (Å²) in [4.78, 5) is 27.1. The number of primary amides is 1. The molecule has 0 saturated heterocycles. The molecular weight excluding hydrogens is 328 g/mol. The molecule has 5 N–H and O–H groups in total. The third kappa shape index (κ3) is 3.58. The fourth-order valence-electron chi connectivity index (χ4n) is 1.96. The molecule has 3 amide bonds. The lowest BCUT2D eigenvalue weighted by molar-refractivity contribution is 0.100. The van der Waals surface area contributed by atoms with Gasteiger partial charge in [-0.25, -0.2) is 9.78 Å². The molecule has 122 valence electrons. The maximum atomic E-state index is 11.9. The number of nitrogens with two attached hydrogens (primary N) is 1. The lowest BCUT2D eigenvalue weighted by Crippen LogP contribution is -2.19. The van der Waals surface area contributed by atoms with Crippen molar-refractivity contribution in [2.45, 2.75) is 6.92 Å². The number of aromatic nitrogens is 3. The lowest BCUT2D eigenvalue weighted by Gasteiger charge is -2.01. The van der Waals surface area contributed by atoms with E-state index in [-0.39, 0.29) is 10.0 Å². The van der Waals surface area contributed by atoms with E-state index in [1.165, 1.54) is 6.20 Å². The number of hydrogen-bond acceptors (Lipinski definition) is 5. The van der Waals surface area contributed by atoms with Gasteiger partial charge >= 0.3 is 6.03 Å². The molecule has 2 aromatic heterocycles. The van der Waals surface area contributed by atoms with Crippen molar-refractivity contribution in [3.05, 3.63) is 47.0 Å². The number of hydrogen-bond donors (Lipinski definition) is 4. The van der Waals surface area contributed by atoms with Gasteiger partial charge in [0.1, 0.15) is 4.88 Å².